The Kier molecular flexibility index (Phi) is 7.67. The Morgan fingerprint density at radius 3 is 1.96 bits per heavy atom. The highest BCUT2D eigenvalue weighted by molar-refractivity contribution is 6.13. The number of imide groups is 1. The molecule has 0 bridgehead atoms. The van der Waals surface area contributed by atoms with Gasteiger partial charge in [0.25, 0.3) is 11.8 Å². The molecule has 1 aliphatic rings. The van der Waals surface area contributed by atoms with Crippen molar-refractivity contribution < 1.29 is 24.0 Å². The summed E-state index contributed by atoms with van der Waals surface area (Å²) in [4.78, 5) is 60.4. The molecule has 8 heteroatoms. The van der Waals surface area contributed by atoms with Gasteiger partial charge in [-0.1, -0.05) is 27.7 Å². The Morgan fingerprint density at radius 1 is 0.962 bits per heavy atom. The number of hydrogen-bond acceptors (Lipinski definition) is 5. The van der Waals surface area contributed by atoms with Crippen LogP contribution in [-0.4, -0.2) is 52.9 Å². The molecule has 0 saturated carbocycles. The van der Waals surface area contributed by atoms with E-state index in [1.165, 1.54) is 0 Å². The maximum Gasteiger partial charge on any atom is 0.253 e. The van der Waals surface area contributed by atoms with Crippen molar-refractivity contribution in [2.24, 2.45) is 11.8 Å². The molecule has 0 aromatic heterocycles. The second kappa shape index (κ2) is 9.26. The van der Waals surface area contributed by atoms with Crippen LogP contribution in [0.2, 0.25) is 0 Å². The molecule has 144 valence electrons. The molecule has 2 N–H and O–H groups in total. The van der Waals surface area contributed by atoms with Crippen LogP contribution in [0, 0.1) is 11.8 Å². The smallest absolute Gasteiger partial charge is 0.253 e. The third-order valence-electron chi connectivity index (χ3n) is 4.08. The lowest BCUT2D eigenvalue weighted by Gasteiger charge is -2.24. The van der Waals surface area contributed by atoms with Gasteiger partial charge >= 0.3 is 0 Å². The summed E-state index contributed by atoms with van der Waals surface area (Å²) in [5.74, 6) is -2.30. The standard InChI is InChI=1S/C18H27N3O5/c1-10(2)16(18(26)19-12(5)17(25)11(3)4)20-13(22)8-9-21-14(23)6-7-15(21)24/h6-7,10-12,16H,8-9H2,1-5H3,(H,19,26)(H,20,22)/t12-,16-/m0/s1. The Hall–Kier alpha value is -2.51. The van der Waals surface area contributed by atoms with Crippen LogP contribution in [0.4, 0.5) is 0 Å². The fourth-order valence-corrected chi connectivity index (χ4v) is 2.52. The maximum absolute atomic E-state index is 12.4. The van der Waals surface area contributed by atoms with Gasteiger partial charge in [0.1, 0.15) is 6.04 Å². The van der Waals surface area contributed by atoms with Gasteiger partial charge in [0.2, 0.25) is 11.8 Å². The summed E-state index contributed by atoms with van der Waals surface area (Å²) in [5, 5.41) is 5.24. The monoisotopic (exact) mass is 365 g/mol. The Bertz CT molecular complexity index is 606. The lowest BCUT2D eigenvalue weighted by molar-refractivity contribution is -0.137. The molecular weight excluding hydrogens is 338 g/mol. The van der Waals surface area contributed by atoms with Gasteiger partial charge < -0.3 is 10.6 Å². The van der Waals surface area contributed by atoms with Crippen molar-refractivity contribution in [3.8, 4) is 0 Å². The molecule has 0 aromatic carbocycles. The third kappa shape index (κ3) is 5.79. The molecule has 1 rings (SSSR count). The molecule has 8 nitrogen and oxygen atoms in total. The van der Waals surface area contributed by atoms with Crippen molar-refractivity contribution in [3.05, 3.63) is 12.2 Å². The second-order valence-electron chi connectivity index (χ2n) is 6.99. The van der Waals surface area contributed by atoms with Crippen LogP contribution in [0.15, 0.2) is 12.2 Å². The Balaban J connectivity index is 2.59. The molecule has 2 atom stereocenters. The highest BCUT2D eigenvalue weighted by Crippen LogP contribution is 2.07. The van der Waals surface area contributed by atoms with Crippen molar-refractivity contribution in [1.29, 1.82) is 0 Å². The largest absolute Gasteiger partial charge is 0.345 e. The summed E-state index contributed by atoms with van der Waals surface area (Å²) in [6, 6.07) is -1.46. The van der Waals surface area contributed by atoms with Crippen LogP contribution in [0.1, 0.15) is 41.0 Å². The first-order valence-electron chi connectivity index (χ1n) is 8.71. The molecule has 0 radical (unpaired) electrons. The predicted molar refractivity (Wildman–Crippen MR) is 94.7 cm³/mol. The van der Waals surface area contributed by atoms with Gasteiger partial charge in [0.15, 0.2) is 5.78 Å². The fraction of sp³-hybridized carbons (Fsp3) is 0.611. The number of carbonyl (C=O) groups excluding carboxylic acids is 5. The minimum atomic E-state index is -0.812. The first-order chi connectivity index (χ1) is 12.0. The number of amides is 4. The first kappa shape index (κ1) is 21.5. The zero-order chi connectivity index (χ0) is 20.0. The zero-order valence-corrected chi connectivity index (χ0v) is 15.9. The van der Waals surface area contributed by atoms with E-state index in [2.05, 4.69) is 10.6 Å². The first-order valence-corrected chi connectivity index (χ1v) is 8.71. The van der Waals surface area contributed by atoms with Gasteiger partial charge in [-0.3, -0.25) is 28.9 Å². The molecule has 4 amide bonds. The van der Waals surface area contributed by atoms with E-state index in [-0.39, 0.29) is 30.6 Å². The van der Waals surface area contributed by atoms with Gasteiger partial charge in [0, 0.05) is 31.0 Å². The number of hydrogen-bond donors (Lipinski definition) is 2. The van der Waals surface area contributed by atoms with E-state index in [4.69, 9.17) is 0 Å². The van der Waals surface area contributed by atoms with Crippen molar-refractivity contribution in [2.75, 3.05) is 6.54 Å². The zero-order valence-electron chi connectivity index (χ0n) is 15.9. The lowest BCUT2D eigenvalue weighted by Crippen LogP contribution is -2.53. The molecule has 26 heavy (non-hydrogen) atoms. The number of nitrogens with one attached hydrogen (secondary N) is 2. The minimum Gasteiger partial charge on any atom is -0.345 e. The highest BCUT2D eigenvalue weighted by Gasteiger charge is 2.28. The fourth-order valence-electron chi connectivity index (χ4n) is 2.52. The van der Waals surface area contributed by atoms with Crippen LogP contribution in [0.5, 0.6) is 0 Å². The number of ketones is 1. The SMILES string of the molecule is CC(C)C(=O)[C@H](C)NC(=O)[C@@H](NC(=O)CCN1C(=O)C=CC1=O)C(C)C. The summed E-state index contributed by atoms with van der Waals surface area (Å²) < 4.78 is 0. The summed E-state index contributed by atoms with van der Waals surface area (Å²) in [5.41, 5.74) is 0. The van der Waals surface area contributed by atoms with Crippen molar-refractivity contribution in [3.63, 3.8) is 0 Å². The minimum absolute atomic E-state index is 0.0504. The average Bonchev–Trinajstić information content (AvgIpc) is 2.87. The van der Waals surface area contributed by atoms with Crippen molar-refractivity contribution in [2.45, 2.75) is 53.1 Å². The Labute approximate surface area is 153 Å². The summed E-state index contributed by atoms with van der Waals surface area (Å²) in [7, 11) is 0. The molecular formula is C18H27N3O5. The summed E-state index contributed by atoms with van der Waals surface area (Å²) in [6.07, 6.45) is 2.20. The van der Waals surface area contributed by atoms with Crippen LogP contribution < -0.4 is 10.6 Å². The Morgan fingerprint density at radius 2 is 1.50 bits per heavy atom. The molecule has 0 fully saturated rings. The number of nitrogens with zero attached hydrogens (tertiary/aromatic N) is 1. The van der Waals surface area contributed by atoms with E-state index in [0.717, 1.165) is 17.1 Å². The van der Waals surface area contributed by atoms with Crippen LogP contribution in [-0.2, 0) is 24.0 Å². The predicted octanol–water partition coefficient (Wildman–Crippen LogP) is 0.172. The normalized spacial score (nSPS) is 16.2. The molecule has 0 saturated heterocycles. The molecule has 0 aliphatic carbocycles. The lowest BCUT2D eigenvalue weighted by atomic mass is 10.00. The van der Waals surface area contributed by atoms with Gasteiger partial charge in [0.05, 0.1) is 6.04 Å². The van der Waals surface area contributed by atoms with E-state index in [1.54, 1.807) is 34.6 Å². The molecule has 0 unspecified atom stereocenters. The van der Waals surface area contributed by atoms with Crippen LogP contribution in [0.25, 0.3) is 0 Å². The molecule has 0 aromatic rings. The molecule has 1 aliphatic heterocycles. The maximum atomic E-state index is 12.4. The third-order valence-corrected chi connectivity index (χ3v) is 4.08. The summed E-state index contributed by atoms with van der Waals surface area (Å²) in [6.45, 7) is 8.61. The van der Waals surface area contributed by atoms with Crippen LogP contribution in [0.3, 0.4) is 0 Å². The average molecular weight is 365 g/mol. The molecule has 1 heterocycles. The highest BCUT2D eigenvalue weighted by atomic mass is 16.2. The quantitative estimate of drug-likeness (QED) is 0.566. The van der Waals surface area contributed by atoms with Gasteiger partial charge in [-0.05, 0) is 12.8 Å². The van der Waals surface area contributed by atoms with Gasteiger partial charge in [-0.2, -0.15) is 0 Å². The van der Waals surface area contributed by atoms with Crippen molar-refractivity contribution in [1.82, 2.24) is 15.5 Å². The van der Waals surface area contributed by atoms with Gasteiger partial charge in [-0.25, -0.2) is 0 Å². The van der Waals surface area contributed by atoms with Gasteiger partial charge in [-0.15, -0.1) is 0 Å². The van der Waals surface area contributed by atoms with E-state index in [1.807, 2.05) is 0 Å². The van der Waals surface area contributed by atoms with E-state index in [9.17, 15) is 24.0 Å². The second-order valence-corrected chi connectivity index (χ2v) is 6.99. The van der Waals surface area contributed by atoms with E-state index in [0.29, 0.717) is 0 Å². The van der Waals surface area contributed by atoms with Crippen molar-refractivity contribution >= 4 is 29.4 Å². The number of rotatable bonds is 9. The van der Waals surface area contributed by atoms with E-state index < -0.39 is 35.7 Å². The summed E-state index contributed by atoms with van der Waals surface area (Å²) >= 11 is 0. The van der Waals surface area contributed by atoms with Crippen LogP contribution >= 0.6 is 0 Å². The van der Waals surface area contributed by atoms with E-state index >= 15 is 0 Å². The number of Topliss-reactive ketones (excluding diaryl/α,β-unsaturated/α-hetero) is 1. The molecule has 0 spiro atoms. The number of carbonyl (C=O) groups is 5. The topological polar surface area (TPSA) is 113 Å².